The third-order valence-corrected chi connectivity index (χ3v) is 7.29. The molecular weight excluding hydrogens is 580 g/mol. The average Bonchev–Trinajstić information content (AvgIpc) is 3.31. The molecule has 42 heavy (non-hydrogen) atoms. The van der Waals surface area contributed by atoms with E-state index in [9.17, 15) is 37.2 Å². The number of alkyl halides is 2. The van der Waals surface area contributed by atoms with Crippen LogP contribution in [0, 0.1) is 23.0 Å². The molecule has 2 aromatic heterocycles. The molecule has 1 aromatic carbocycles. The molecule has 5 rings (SSSR count). The SMILES string of the molecule is N#Cc1ccnc(N2C(=O)CCC2C(=O)N(c2cc(F)cc(F)c2)C(C(=O)NC2CC(F)(F)C2)c2ncccc2Cl)c1. The van der Waals surface area contributed by atoms with Crippen molar-refractivity contribution in [1.29, 1.82) is 5.26 Å². The van der Waals surface area contributed by atoms with Crippen molar-refractivity contribution in [2.45, 2.75) is 49.7 Å². The van der Waals surface area contributed by atoms with Gasteiger partial charge in [-0.15, -0.1) is 0 Å². The van der Waals surface area contributed by atoms with Crippen LogP contribution in [-0.4, -0.2) is 45.7 Å². The summed E-state index contributed by atoms with van der Waals surface area (Å²) < 4.78 is 56.2. The molecule has 0 bridgehead atoms. The third-order valence-electron chi connectivity index (χ3n) is 6.97. The maximum atomic E-state index is 14.5. The van der Waals surface area contributed by atoms with Crippen molar-refractivity contribution < 1.29 is 31.9 Å². The van der Waals surface area contributed by atoms with Gasteiger partial charge in [0.1, 0.15) is 23.5 Å². The Labute approximate surface area is 241 Å². The maximum absolute atomic E-state index is 14.5. The molecule has 1 saturated heterocycles. The van der Waals surface area contributed by atoms with Crippen molar-refractivity contribution in [2.75, 3.05) is 9.80 Å². The lowest BCUT2D eigenvalue weighted by molar-refractivity contribution is -0.133. The van der Waals surface area contributed by atoms with Gasteiger partial charge >= 0.3 is 0 Å². The van der Waals surface area contributed by atoms with Crippen molar-refractivity contribution in [3.63, 3.8) is 0 Å². The van der Waals surface area contributed by atoms with Crippen molar-refractivity contribution in [2.24, 2.45) is 0 Å². The second-order valence-electron chi connectivity index (χ2n) is 9.91. The van der Waals surface area contributed by atoms with E-state index in [-0.39, 0.29) is 34.9 Å². The number of pyridine rings is 2. The summed E-state index contributed by atoms with van der Waals surface area (Å²) in [6, 6.07) is 5.58. The van der Waals surface area contributed by atoms with E-state index in [0.29, 0.717) is 6.07 Å². The highest BCUT2D eigenvalue weighted by molar-refractivity contribution is 6.31. The van der Waals surface area contributed by atoms with Crippen LogP contribution >= 0.6 is 11.6 Å². The van der Waals surface area contributed by atoms with E-state index in [1.807, 2.05) is 6.07 Å². The zero-order valence-electron chi connectivity index (χ0n) is 21.6. The topological polar surface area (TPSA) is 119 Å². The lowest BCUT2D eigenvalue weighted by atomic mass is 9.88. The van der Waals surface area contributed by atoms with E-state index in [1.54, 1.807) is 0 Å². The van der Waals surface area contributed by atoms with Crippen molar-refractivity contribution in [3.8, 4) is 6.07 Å². The smallest absolute Gasteiger partial charge is 0.252 e. The van der Waals surface area contributed by atoms with Crippen molar-refractivity contribution in [3.05, 3.63) is 82.8 Å². The fourth-order valence-corrected chi connectivity index (χ4v) is 5.30. The molecule has 1 aliphatic heterocycles. The lowest BCUT2D eigenvalue weighted by Crippen LogP contribution is -2.56. The Morgan fingerprint density at radius 3 is 2.48 bits per heavy atom. The Morgan fingerprint density at radius 2 is 1.83 bits per heavy atom. The van der Waals surface area contributed by atoms with Crippen LogP contribution in [0.2, 0.25) is 5.02 Å². The first-order chi connectivity index (χ1) is 20.0. The number of anilines is 2. The van der Waals surface area contributed by atoms with E-state index in [4.69, 9.17) is 11.6 Å². The van der Waals surface area contributed by atoms with Gasteiger partial charge in [0, 0.05) is 43.8 Å². The van der Waals surface area contributed by atoms with Crippen LogP contribution in [0.5, 0.6) is 0 Å². The molecule has 0 radical (unpaired) electrons. The summed E-state index contributed by atoms with van der Waals surface area (Å²) in [5.74, 6) is -7.59. The molecule has 14 heteroatoms. The molecule has 216 valence electrons. The highest BCUT2D eigenvalue weighted by Gasteiger charge is 2.49. The van der Waals surface area contributed by atoms with E-state index in [1.165, 1.54) is 36.7 Å². The van der Waals surface area contributed by atoms with Crippen LogP contribution in [0.25, 0.3) is 0 Å². The lowest BCUT2D eigenvalue weighted by Gasteiger charge is -2.39. The normalized spacial score (nSPS) is 18.6. The maximum Gasteiger partial charge on any atom is 0.252 e. The van der Waals surface area contributed by atoms with Gasteiger partial charge in [-0.25, -0.2) is 22.5 Å². The zero-order valence-corrected chi connectivity index (χ0v) is 22.4. The van der Waals surface area contributed by atoms with Crippen LogP contribution < -0.4 is 15.1 Å². The van der Waals surface area contributed by atoms with Gasteiger partial charge in [0.2, 0.25) is 11.8 Å². The second-order valence-corrected chi connectivity index (χ2v) is 10.3. The molecule has 9 nitrogen and oxygen atoms in total. The molecule has 1 aliphatic carbocycles. The van der Waals surface area contributed by atoms with Gasteiger partial charge in [0.25, 0.3) is 11.8 Å². The first kappa shape index (κ1) is 28.9. The predicted octanol–water partition coefficient (Wildman–Crippen LogP) is 4.46. The number of hydrogen-bond donors (Lipinski definition) is 1. The number of nitrogens with zero attached hydrogens (tertiary/aromatic N) is 5. The highest BCUT2D eigenvalue weighted by atomic mass is 35.5. The molecule has 2 fully saturated rings. The number of aromatic nitrogens is 2. The summed E-state index contributed by atoms with van der Waals surface area (Å²) >= 11 is 6.38. The second kappa shape index (κ2) is 11.4. The molecular formula is C28H21ClF4N6O3. The minimum absolute atomic E-state index is 0.0196. The fraction of sp³-hybridized carbons (Fsp3) is 0.286. The number of amides is 3. The summed E-state index contributed by atoms with van der Waals surface area (Å²) in [4.78, 5) is 51.2. The van der Waals surface area contributed by atoms with Crippen molar-refractivity contribution in [1.82, 2.24) is 15.3 Å². The molecule has 3 aromatic rings. The predicted molar refractivity (Wildman–Crippen MR) is 141 cm³/mol. The quantitative estimate of drug-likeness (QED) is 0.400. The zero-order chi connectivity index (χ0) is 30.2. The average molecular weight is 601 g/mol. The molecule has 1 N–H and O–H groups in total. The number of carbonyl (C=O) groups excluding carboxylic acids is 3. The minimum atomic E-state index is -2.98. The fourth-order valence-electron chi connectivity index (χ4n) is 5.07. The summed E-state index contributed by atoms with van der Waals surface area (Å²) in [5, 5.41) is 11.7. The Morgan fingerprint density at radius 1 is 1.12 bits per heavy atom. The number of carbonyl (C=O) groups is 3. The summed E-state index contributed by atoms with van der Waals surface area (Å²) in [6.07, 6.45) is 1.09. The van der Waals surface area contributed by atoms with E-state index < -0.39 is 71.9 Å². The largest absolute Gasteiger partial charge is 0.351 e. The van der Waals surface area contributed by atoms with Crippen LogP contribution in [0.4, 0.5) is 29.1 Å². The van der Waals surface area contributed by atoms with Gasteiger partial charge in [-0.2, -0.15) is 5.26 Å². The standard InChI is InChI=1S/C28H21ClF4N6O3/c29-20-2-1-6-36-24(20)25(26(41)37-18-12-28(32,33)13-18)38(19-10-16(30)9-17(31)11-19)27(42)21-3-4-23(40)39(21)22-8-15(14-34)5-7-35-22/h1-2,5-11,18,21,25H,3-4,12-13H2,(H,37,41). The van der Waals surface area contributed by atoms with Gasteiger partial charge in [0.15, 0.2) is 6.04 Å². The summed E-state index contributed by atoms with van der Waals surface area (Å²) in [5.41, 5.74) is -0.442. The number of benzene rings is 1. The molecule has 3 amide bonds. The Balaban J connectivity index is 1.63. The summed E-state index contributed by atoms with van der Waals surface area (Å²) in [7, 11) is 0. The monoisotopic (exact) mass is 600 g/mol. The highest BCUT2D eigenvalue weighted by Crippen LogP contribution is 2.39. The molecule has 2 unspecified atom stereocenters. The third kappa shape index (κ3) is 5.75. The Kier molecular flexibility index (Phi) is 7.83. The Bertz CT molecular complexity index is 1590. The van der Waals surface area contributed by atoms with Crippen LogP contribution in [0.15, 0.2) is 54.9 Å². The van der Waals surface area contributed by atoms with Gasteiger partial charge in [0.05, 0.1) is 28.0 Å². The number of halogens is 5. The number of hydrogen-bond acceptors (Lipinski definition) is 6. The molecule has 0 spiro atoms. The first-order valence-corrected chi connectivity index (χ1v) is 13.1. The van der Waals surface area contributed by atoms with Gasteiger partial charge < -0.3 is 5.32 Å². The van der Waals surface area contributed by atoms with E-state index in [2.05, 4.69) is 15.3 Å². The van der Waals surface area contributed by atoms with Crippen LogP contribution in [0.3, 0.4) is 0 Å². The van der Waals surface area contributed by atoms with Crippen LogP contribution in [-0.2, 0) is 14.4 Å². The van der Waals surface area contributed by atoms with Gasteiger partial charge in [-0.3, -0.25) is 29.2 Å². The van der Waals surface area contributed by atoms with Gasteiger partial charge in [-0.1, -0.05) is 11.6 Å². The molecule has 2 aliphatic rings. The number of nitrogens with one attached hydrogen (secondary N) is 1. The molecule has 1 saturated carbocycles. The minimum Gasteiger partial charge on any atom is -0.351 e. The van der Waals surface area contributed by atoms with E-state index >= 15 is 0 Å². The molecule has 2 atom stereocenters. The van der Waals surface area contributed by atoms with Crippen molar-refractivity contribution >= 4 is 40.8 Å². The first-order valence-electron chi connectivity index (χ1n) is 12.7. The van der Waals surface area contributed by atoms with Crippen LogP contribution in [0.1, 0.15) is 43.0 Å². The Hall–Kier alpha value is -4.57. The van der Waals surface area contributed by atoms with Gasteiger partial charge in [-0.05, 0) is 42.8 Å². The number of rotatable bonds is 7. The number of nitriles is 1. The van der Waals surface area contributed by atoms with E-state index in [0.717, 1.165) is 21.9 Å². The molecule has 3 heterocycles. The summed E-state index contributed by atoms with van der Waals surface area (Å²) in [6.45, 7) is 0.